The van der Waals surface area contributed by atoms with Gasteiger partial charge in [0.05, 0.1) is 0 Å². The lowest BCUT2D eigenvalue weighted by atomic mass is 9.99. The number of nitrogens with zero attached hydrogens (tertiary/aromatic N) is 1. The van der Waals surface area contributed by atoms with Gasteiger partial charge >= 0.3 is 0 Å². The van der Waals surface area contributed by atoms with E-state index in [1.165, 1.54) is 45.0 Å². The van der Waals surface area contributed by atoms with Crippen LogP contribution in [0.5, 0.6) is 0 Å². The molecule has 0 heterocycles. The molecule has 4 rings (SSSR count). The molecule has 0 fully saturated rings. The second kappa shape index (κ2) is 9.29. The summed E-state index contributed by atoms with van der Waals surface area (Å²) in [5, 5.41) is 5.29. The molecule has 1 nitrogen and oxygen atoms in total. The van der Waals surface area contributed by atoms with Gasteiger partial charge in [-0.25, -0.2) is 0 Å². The molecule has 0 N–H and O–H groups in total. The smallest absolute Gasteiger partial charge is 0.0363 e. The van der Waals surface area contributed by atoms with Crippen molar-refractivity contribution in [1.29, 1.82) is 0 Å². The molecule has 0 spiro atoms. The number of hydrogen-bond acceptors (Lipinski definition) is 1. The van der Waals surface area contributed by atoms with Gasteiger partial charge in [0.25, 0.3) is 0 Å². The summed E-state index contributed by atoms with van der Waals surface area (Å²) in [6.45, 7) is 9.48. The van der Waals surface area contributed by atoms with E-state index >= 15 is 0 Å². The maximum Gasteiger partial charge on any atom is 0.0363 e. The molecule has 0 unspecified atom stereocenters. The molecule has 0 aliphatic carbocycles. The first kappa shape index (κ1) is 21.0. The summed E-state index contributed by atoms with van der Waals surface area (Å²) in [6.07, 6.45) is 2.45. The Morgan fingerprint density at radius 1 is 0.600 bits per heavy atom. The molecule has 0 amide bonds. The average molecular weight is 414 g/mol. The minimum Gasteiger partial charge on any atom is -0.268 e. The minimum atomic E-state index is -0.199. The number of fused-ring (bicyclic) bond motifs is 2. The van der Waals surface area contributed by atoms with Crippen LogP contribution in [-0.4, -0.2) is 17.0 Å². The average Bonchev–Trinajstić information content (AvgIpc) is 2.81. The summed E-state index contributed by atoms with van der Waals surface area (Å²) in [4.78, 5) is 0. The Kier molecular flexibility index (Phi) is 6.52. The molecule has 4 aromatic carbocycles. The molecule has 0 bridgehead atoms. The van der Waals surface area contributed by atoms with Crippen LogP contribution in [0.4, 0.5) is 0 Å². The van der Waals surface area contributed by atoms with Crippen molar-refractivity contribution >= 4 is 29.6 Å². The van der Waals surface area contributed by atoms with Gasteiger partial charge in [0.15, 0.2) is 0 Å². The Hall–Kier alpha value is -2.21. The number of rotatable bonds is 7. The second-order valence-corrected chi connectivity index (χ2v) is 10.8. The van der Waals surface area contributed by atoms with E-state index in [0.717, 1.165) is 0 Å². The zero-order chi connectivity index (χ0) is 21.1. The first-order valence-corrected chi connectivity index (χ1v) is 12.8. The van der Waals surface area contributed by atoms with Crippen LogP contribution in [0.1, 0.15) is 50.9 Å². The van der Waals surface area contributed by atoms with Crippen LogP contribution in [0, 0.1) is 0 Å². The van der Waals surface area contributed by atoms with E-state index in [0.29, 0.717) is 12.1 Å². The van der Waals surface area contributed by atoms with Crippen molar-refractivity contribution in [2.24, 2.45) is 0 Å². The summed E-state index contributed by atoms with van der Waals surface area (Å²) < 4.78 is 2.80. The van der Waals surface area contributed by atoms with Gasteiger partial charge in [0, 0.05) is 12.1 Å². The third-order valence-electron chi connectivity index (χ3n) is 6.36. The van der Waals surface area contributed by atoms with Gasteiger partial charge < -0.3 is 0 Å². The number of benzene rings is 4. The van der Waals surface area contributed by atoms with Gasteiger partial charge in [-0.15, -0.1) is 0 Å². The van der Waals surface area contributed by atoms with Crippen molar-refractivity contribution < 1.29 is 0 Å². The number of hydrogen-bond donors (Lipinski definition) is 0. The van der Waals surface area contributed by atoms with Crippen molar-refractivity contribution in [1.82, 2.24) is 4.67 Å². The van der Waals surface area contributed by atoms with Crippen LogP contribution in [0.3, 0.4) is 0 Å². The summed E-state index contributed by atoms with van der Waals surface area (Å²) in [5.74, 6) is 0. The van der Waals surface area contributed by atoms with Gasteiger partial charge in [-0.3, -0.25) is 4.67 Å². The van der Waals surface area contributed by atoms with Crippen LogP contribution >= 0.6 is 8.07 Å². The molecule has 2 heteroatoms. The highest BCUT2D eigenvalue weighted by Gasteiger charge is 2.28. The van der Waals surface area contributed by atoms with Gasteiger partial charge in [-0.2, -0.15) is 0 Å². The molecule has 0 aromatic heterocycles. The van der Waals surface area contributed by atoms with E-state index in [1.807, 2.05) is 0 Å². The van der Waals surface area contributed by atoms with Crippen molar-refractivity contribution in [2.45, 2.75) is 39.8 Å². The van der Waals surface area contributed by atoms with Gasteiger partial charge in [-0.1, -0.05) is 86.6 Å². The van der Waals surface area contributed by atoms with Gasteiger partial charge in [0.2, 0.25) is 0 Å². The van der Waals surface area contributed by atoms with Crippen LogP contribution in [0.15, 0.2) is 84.9 Å². The maximum absolute atomic E-state index is 2.80. The van der Waals surface area contributed by atoms with E-state index in [1.54, 1.807) is 0 Å². The van der Waals surface area contributed by atoms with Crippen LogP contribution in [0.25, 0.3) is 21.5 Å². The largest absolute Gasteiger partial charge is 0.268 e. The molecule has 0 radical (unpaired) electrons. The molecule has 154 valence electrons. The third kappa shape index (κ3) is 4.15. The summed E-state index contributed by atoms with van der Waals surface area (Å²) >= 11 is 0. The summed E-state index contributed by atoms with van der Waals surface area (Å²) in [7, 11) is -0.199. The molecule has 30 heavy (non-hydrogen) atoms. The van der Waals surface area contributed by atoms with Crippen LogP contribution in [0.2, 0.25) is 0 Å². The second-order valence-electron chi connectivity index (χ2n) is 8.08. The lowest BCUT2D eigenvalue weighted by Crippen LogP contribution is -2.27. The van der Waals surface area contributed by atoms with Crippen molar-refractivity contribution in [3.8, 4) is 0 Å². The standard InChI is InChI=1S/C28H32NP/c1-5-30(6-2)29(21(3)25-17-15-23-11-7-9-13-27(23)19-25)22(4)26-18-16-24-12-8-10-14-28(24)20-26/h7-22H,5-6H2,1-4H3/t21-,22-/m0/s1. The summed E-state index contributed by atoms with van der Waals surface area (Å²) in [6, 6.07) is 32.1. The fourth-order valence-electron chi connectivity index (χ4n) is 4.62. The van der Waals surface area contributed by atoms with E-state index in [-0.39, 0.29) is 8.07 Å². The van der Waals surface area contributed by atoms with E-state index in [2.05, 4.69) is 117 Å². The topological polar surface area (TPSA) is 3.24 Å². The SMILES string of the molecule is CCP(CC)N([C@@H](C)c1ccc2ccccc2c1)[C@@H](C)c1ccc2ccccc2c1. The Morgan fingerprint density at radius 3 is 1.40 bits per heavy atom. The Morgan fingerprint density at radius 2 is 1.00 bits per heavy atom. The Bertz CT molecular complexity index is 1050. The fraction of sp³-hybridized carbons (Fsp3) is 0.286. The molecular weight excluding hydrogens is 381 g/mol. The molecule has 0 saturated carbocycles. The van der Waals surface area contributed by atoms with Crippen molar-refractivity contribution in [3.63, 3.8) is 0 Å². The molecular formula is C28H32NP. The molecule has 0 aliphatic rings. The van der Waals surface area contributed by atoms with Crippen LogP contribution < -0.4 is 0 Å². The molecule has 2 atom stereocenters. The predicted octanol–water partition coefficient (Wildman–Crippen LogP) is 8.55. The van der Waals surface area contributed by atoms with E-state index in [4.69, 9.17) is 0 Å². The monoisotopic (exact) mass is 413 g/mol. The lowest BCUT2D eigenvalue weighted by molar-refractivity contribution is 0.299. The van der Waals surface area contributed by atoms with E-state index < -0.39 is 0 Å². The zero-order valence-electron chi connectivity index (χ0n) is 18.5. The highest BCUT2D eigenvalue weighted by atomic mass is 31.1. The van der Waals surface area contributed by atoms with E-state index in [9.17, 15) is 0 Å². The molecule has 0 aliphatic heterocycles. The fourth-order valence-corrected chi connectivity index (χ4v) is 6.96. The Balaban J connectivity index is 1.73. The van der Waals surface area contributed by atoms with Crippen LogP contribution in [-0.2, 0) is 0 Å². The van der Waals surface area contributed by atoms with Crippen molar-refractivity contribution in [3.05, 3.63) is 96.1 Å². The highest BCUT2D eigenvalue weighted by Crippen LogP contribution is 2.51. The zero-order valence-corrected chi connectivity index (χ0v) is 19.4. The lowest BCUT2D eigenvalue weighted by Gasteiger charge is -2.41. The van der Waals surface area contributed by atoms with Gasteiger partial charge in [0.1, 0.15) is 0 Å². The molecule has 4 aromatic rings. The van der Waals surface area contributed by atoms with Crippen molar-refractivity contribution in [2.75, 3.05) is 12.3 Å². The quantitative estimate of drug-likeness (QED) is 0.274. The Labute approximate surface area is 182 Å². The molecule has 0 saturated heterocycles. The summed E-state index contributed by atoms with van der Waals surface area (Å²) in [5.41, 5.74) is 2.83. The first-order valence-electron chi connectivity index (χ1n) is 11.1. The van der Waals surface area contributed by atoms with Gasteiger partial charge in [-0.05, 0) is 79.0 Å². The first-order chi connectivity index (χ1) is 14.6. The third-order valence-corrected chi connectivity index (χ3v) is 9.17. The normalized spacial score (nSPS) is 13.9. The maximum atomic E-state index is 2.80. The highest BCUT2D eigenvalue weighted by molar-refractivity contribution is 7.55. The minimum absolute atomic E-state index is 0.199. The predicted molar refractivity (Wildman–Crippen MR) is 135 cm³/mol.